The third-order valence-corrected chi connectivity index (χ3v) is 1.99. The first-order chi connectivity index (χ1) is 4.79. The van der Waals surface area contributed by atoms with Crippen molar-refractivity contribution in [2.24, 2.45) is 0 Å². The van der Waals surface area contributed by atoms with Gasteiger partial charge in [-0.1, -0.05) is 0 Å². The zero-order valence-corrected chi connectivity index (χ0v) is 6.27. The van der Waals surface area contributed by atoms with Crippen molar-refractivity contribution in [1.29, 1.82) is 0 Å². The fraction of sp³-hybridized carbons (Fsp3) is 0.500. The van der Waals surface area contributed by atoms with Crippen LogP contribution in [-0.4, -0.2) is 11.6 Å². The van der Waals surface area contributed by atoms with Crippen molar-refractivity contribution in [1.82, 2.24) is 4.98 Å². The SMILES string of the molecule is Cc1c[nH]c(C)c1[C@H]1CO1. The molecule has 1 aliphatic rings. The molecule has 1 fully saturated rings. The first kappa shape index (κ1) is 5.98. The molecule has 1 atom stereocenters. The first-order valence-corrected chi connectivity index (χ1v) is 3.55. The number of aryl methyl sites for hydroxylation is 2. The number of aromatic amines is 1. The fourth-order valence-electron chi connectivity index (χ4n) is 1.38. The van der Waals surface area contributed by atoms with Gasteiger partial charge in [0.1, 0.15) is 6.10 Å². The Kier molecular flexibility index (Phi) is 1.11. The van der Waals surface area contributed by atoms with Crippen molar-refractivity contribution in [3.63, 3.8) is 0 Å². The highest BCUT2D eigenvalue weighted by molar-refractivity contribution is 5.33. The van der Waals surface area contributed by atoms with E-state index in [9.17, 15) is 0 Å². The third-order valence-electron chi connectivity index (χ3n) is 1.99. The van der Waals surface area contributed by atoms with Crippen LogP contribution in [0.25, 0.3) is 0 Å². The lowest BCUT2D eigenvalue weighted by atomic mass is 10.1. The molecule has 0 bridgehead atoms. The van der Waals surface area contributed by atoms with Crippen LogP contribution < -0.4 is 0 Å². The second kappa shape index (κ2) is 1.86. The van der Waals surface area contributed by atoms with Crippen LogP contribution >= 0.6 is 0 Å². The molecular weight excluding hydrogens is 126 g/mol. The number of aromatic nitrogens is 1. The minimum atomic E-state index is 0.395. The second-order valence-corrected chi connectivity index (χ2v) is 2.83. The first-order valence-electron chi connectivity index (χ1n) is 3.55. The van der Waals surface area contributed by atoms with E-state index in [-0.39, 0.29) is 0 Å². The molecule has 2 heterocycles. The maximum atomic E-state index is 5.19. The molecule has 0 radical (unpaired) electrons. The van der Waals surface area contributed by atoms with Gasteiger partial charge in [0, 0.05) is 17.5 Å². The summed E-state index contributed by atoms with van der Waals surface area (Å²) >= 11 is 0. The largest absolute Gasteiger partial charge is 0.368 e. The molecule has 1 aliphatic heterocycles. The van der Waals surface area contributed by atoms with Crippen molar-refractivity contribution < 1.29 is 4.74 Å². The molecule has 0 saturated carbocycles. The van der Waals surface area contributed by atoms with Gasteiger partial charge < -0.3 is 9.72 Å². The Morgan fingerprint density at radius 1 is 1.60 bits per heavy atom. The van der Waals surface area contributed by atoms with E-state index in [1.54, 1.807) is 0 Å². The Morgan fingerprint density at radius 3 is 2.70 bits per heavy atom. The summed E-state index contributed by atoms with van der Waals surface area (Å²) in [6.45, 7) is 5.10. The number of hydrogen-bond acceptors (Lipinski definition) is 1. The monoisotopic (exact) mass is 137 g/mol. The smallest absolute Gasteiger partial charge is 0.108 e. The highest BCUT2D eigenvalue weighted by Gasteiger charge is 2.28. The van der Waals surface area contributed by atoms with Crippen molar-refractivity contribution >= 4 is 0 Å². The van der Waals surface area contributed by atoms with E-state index < -0.39 is 0 Å². The van der Waals surface area contributed by atoms with Gasteiger partial charge in [-0.15, -0.1) is 0 Å². The van der Waals surface area contributed by atoms with E-state index >= 15 is 0 Å². The van der Waals surface area contributed by atoms with E-state index in [0.717, 1.165) is 6.61 Å². The standard InChI is InChI=1S/C8H11NO/c1-5-3-9-6(2)8(5)7-4-10-7/h3,7,9H,4H2,1-2H3/t7-/m1/s1. The van der Waals surface area contributed by atoms with E-state index in [4.69, 9.17) is 4.74 Å². The van der Waals surface area contributed by atoms with Crippen LogP contribution in [0.5, 0.6) is 0 Å². The normalized spacial score (nSPS) is 23.2. The lowest BCUT2D eigenvalue weighted by Crippen LogP contribution is -1.83. The molecule has 0 amide bonds. The summed E-state index contributed by atoms with van der Waals surface area (Å²) < 4.78 is 5.19. The lowest BCUT2D eigenvalue weighted by Gasteiger charge is -1.93. The van der Waals surface area contributed by atoms with Crippen LogP contribution in [0, 0.1) is 13.8 Å². The number of epoxide rings is 1. The van der Waals surface area contributed by atoms with Crippen molar-refractivity contribution in [3.8, 4) is 0 Å². The van der Waals surface area contributed by atoms with E-state index in [2.05, 4.69) is 18.8 Å². The maximum absolute atomic E-state index is 5.19. The zero-order chi connectivity index (χ0) is 7.14. The molecule has 1 N–H and O–H groups in total. The summed E-state index contributed by atoms with van der Waals surface area (Å²) in [5.74, 6) is 0. The molecule has 10 heavy (non-hydrogen) atoms. The zero-order valence-electron chi connectivity index (χ0n) is 6.27. The van der Waals surface area contributed by atoms with E-state index in [0.29, 0.717) is 6.10 Å². The topological polar surface area (TPSA) is 28.3 Å². The minimum Gasteiger partial charge on any atom is -0.368 e. The number of hydrogen-bond donors (Lipinski definition) is 1. The maximum Gasteiger partial charge on any atom is 0.108 e. The number of nitrogens with one attached hydrogen (secondary N) is 1. The fourth-order valence-corrected chi connectivity index (χ4v) is 1.38. The molecule has 1 aromatic rings. The molecule has 0 aliphatic carbocycles. The van der Waals surface area contributed by atoms with Crippen molar-refractivity contribution in [3.05, 3.63) is 23.0 Å². The predicted molar refractivity (Wildman–Crippen MR) is 39.0 cm³/mol. The van der Waals surface area contributed by atoms with Gasteiger partial charge >= 0.3 is 0 Å². The van der Waals surface area contributed by atoms with E-state index in [1.807, 2.05) is 6.20 Å². The van der Waals surface area contributed by atoms with Crippen LogP contribution in [0.15, 0.2) is 6.20 Å². The molecule has 1 aromatic heterocycles. The van der Waals surface area contributed by atoms with Crippen molar-refractivity contribution in [2.75, 3.05) is 6.61 Å². The highest BCUT2D eigenvalue weighted by Crippen LogP contribution is 2.33. The minimum absolute atomic E-state index is 0.395. The Labute approximate surface area is 60.2 Å². The molecule has 2 rings (SSSR count). The number of rotatable bonds is 1. The van der Waals surface area contributed by atoms with Gasteiger partial charge in [0.2, 0.25) is 0 Å². The molecule has 2 heteroatoms. The summed E-state index contributed by atoms with van der Waals surface area (Å²) in [4.78, 5) is 3.18. The second-order valence-electron chi connectivity index (χ2n) is 2.83. The van der Waals surface area contributed by atoms with Crippen LogP contribution in [0.1, 0.15) is 22.9 Å². The molecule has 2 nitrogen and oxygen atoms in total. The average Bonchev–Trinajstić information content (AvgIpc) is 2.64. The molecule has 0 spiro atoms. The highest BCUT2D eigenvalue weighted by atomic mass is 16.6. The van der Waals surface area contributed by atoms with Crippen LogP contribution in [0.3, 0.4) is 0 Å². The molecule has 0 aromatic carbocycles. The Hall–Kier alpha value is -0.760. The van der Waals surface area contributed by atoms with Crippen molar-refractivity contribution in [2.45, 2.75) is 20.0 Å². The molecule has 1 saturated heterocycles. The Balaban J connectivity index is 2.44. The van der Waals surface area contributed by atoms with Crippen LogP contribution in [-0.2, 0) is 4.74 Å². The van der Waals surface area contributed by atoms with Crippen LogP contribution in [0.4, 0.5) is 0 Å². The van der Waals surface area contributed by atoms with Gasteiger partial charge in [-0.25, -0.2) is 0 Å². The molecule has 0 unspecified atom stereocenters. The average molecular weight is 137 g/mol. The number of ether oxygens (including phenoxy) is 1. The summed E-state index contributed by atoms with van der Waals surface area (Å²) in [5.41, 5.74) is 3.93. The molecule has 54 valence electrons. The van der Waals surface area contributed by atoms with Gasteiger partial charge in [-0.3, -0.25) is 0 Å². The number of H-pyrrole nitrogens is 1. The molecular formula is C8H11NO. The summed E-state index contributed by atoms with van der Waals surface area (Å²) in [5, 5.41) is 0. The summed E-state index contributed by atoms with van der Waals surface area (Å²) in [7, 11) is 0. The lowest BCUT2D eigenvalue weighted by molar-refractivity contribution is 0.414. The van der Waals surface area contributed by atoms with Gasteiger partial charge in [0.25, 0.3) is 0 Å². The Bertz CT molecular complexity index is 228. The van der Waals surface area contributed by atoms with Crippen LogP contribution in [0.2, 0.25) is 0 Å². The van der Waals surface area contributed by atoms with E-state index in [1.165, 1.54) is 16.8 Å². The predicted octanol–water partition coefficient (Wildman–Crippen LogP) is 1.70. The quantitative estimate of drug-likeness (QED) is 0.586. The van der Waals surface area contributed by atoms with Gasteiger partial charge in [-0.2, -0.15) is 0 Å². The summed E-state index contributed by atoms with van der Waals surface area (Å²) in [6.07, 6.45) is 2.43. The third kappa shape index (κ3) is 0.762. The van der Waals surface area contributed by atoms with Gasteiger partial charge in [0.15, 0.2) is 0 Å². The summed E-state index contributed by atoms with van der Waals surface area (Å²) in [6, 6.07) is 0. The van der Waals surface area contributed by atoms with Gasteiger partial charge in [0.05, 0.1) is 6.61 Å². The Morgan fingerprint density at radius 2 is 2.30 bits per heavy atom. The van der Waals surface area contributed by atoms with Gasteiger partial charge in [-0.05, 0) is 19.4 Å².